The third-order valence-electron chi connectivity index (χ3n) is 2.10. The van der Waals surface area contributed by atoms with Gasteiger partial charge in [-0.05, 0) is 6.92 Å². The zero-order valence-electron chi connectivity index (χ0n) is 9.89. The minimum absolute atomic E-state index is 0.0256. The molecule has 1 amide bonds. The molecule has 1 heterocycles. The third kappa shape index (κ3) is 3.97. The molecule has 0 saturated carbocycles. The van der Waals surface area contributed by atoms with Crippen molar-refractivity contribution < 1.29 is 13.2 Å². The summed E-state index contributed by atoms with van der Waals surface area (Å²) >= 11 is 0. The molecule has 1 rings (SSSR count). The van der Waals surface area contributed by atoms with Crippen LogP contribution in [0.15, 0.2) is 28.2 Å². The largest absolute Gasteiger partial charge is 0.366 e. The highest BCUT2D eigenvalue weighted by atomic mass is 32.2. The lowest BCUT2D eigenvalue weighted by Crippen LogP contribution is -2.32. The van der Waals surface area contributed by atoms with Crippen molar-refractivity contribution >= 4 is 15.9 Å². The van der Waals surface area contributed by atoms with E-state index in [1.807, 2.05) is 0 Å². The zero-order valence-corrected chi connectivity index (χ0v) is 10.7. The van der Waals surface area contributed by atoms with Crippen molar-refractivity contribution in [3.8, 4) is 0 Å². The minimum atomic E-state index is -3.88. The molecule has 7 nitrogen and oxygen atoms in total. The van der Waals surface area contributed by atoms with Gasteiger partial charge < -0.3 is 10.3 Å². The topological polar surface area (TPSA) is 108 Å². The Bertz CT molecular complexity index is 564. The van der Waals surface area contributed by atoms with Gasteiger partial charge >= 0.3 is 0 Å². The first-order valence-electron chi connectivity index (χ1n) is 5.41. The maximum absolute atomic E-state index is 11.7. The summed E-state index contributed by atoms with van der Waals surface area (Å²) in [5.74, 6) is -0.248. The monoisotopic (exact) mass is 273 g/mol. The number of hydrogen-bond acceptors (Lipinski definition) is 4. The molecular formula is C10H15N3O4S. The highest BCUT2D eigenvalue weighted by Crippen LogP contribution is 1.99. The summed E-state index contributed by atoms with van der Waals surface area (Å²) in [7, 11) is -3.88. The molecule has 0 bridgehead atoms. The zero-order chi connectivity index (χ0) is 13.6. The van der Waals surface area contributed by atoms with Crippen LogP contribution in [0.4, 0.5) is 0 Å². The number of H-pyrrole nitrogens is 1. The van der Waals surface area contributed by atoms with Crippen LogP contribution in [0.3, 0.4) is 0 Å². The second-order valence-corrected chi connectivity index (χ2v) is 5.21. The van der Waals surface area contributed by atoms with Crippen LogP contribution < -0.4 is 15.5 Å². The fraction of sp³-hybridized carbons (Fsp3) is 0.400. The van der Waals surface area contributed by atoms with Gasteiger partial charge in [0.25, 0.3) is 0 Å². The average molecular weight is 273 g/mol. The molecule has 0 aromatic carbocycles. The summed E-state index contributed by atoms with van der Waals surface area (Å²) in [5, 5.41) is 2.54. The van der Waals surface area contributed by atoms with Crippen molar-refractivity contribution in [2.45, 2.75) is 18.2 Å². The molecule has 0 unspecified atom stereocenters. The molecule has 8 heteroatoms. The SMILES string of the molecule is CCNC(=O)CCNS(=O)(=O)c1c[nH]ccc1=O. The molecule has 0 saturated heterocycles. The highest BCUT2D eigenvalue weighted by Gasteiger charge is 2.17. The quantitative estimate of drug-likeness (QED) is 0.629. The molecule has 100 valence electrons. The smallest absolute Gasteiger partial charge is 0.245 e. The van der Waals surface area contributed by atoms with Gasteiger partial charge in [0.15, 0.2) is 0 Å². The lowest BCUT2D eigenvalue weighted by atomic mass is 10.4. The maximum Gasteiger partial charge on any atom is 0.245 e. The lowest BCUT2D eigenvalue weighted by Gasteiger charge is -2.05. The van der Waals surface area contributed by atoms with E-state index in [-0.39, 0.29) is 23.8 Å². The number of sulfonamides is 1. The number of hydrogen-bond donors (Lipinski definition) is 3. The van der Waals surface area contributed by atoms with Crippen molar-refractivity contribution in [1.29, 1.82) is 0 Å². The average Bonchev–Trinajstić information content (AvgIpc) is 2.29. The number of aromatic amines is 1. The van der Waals surface area contributed by atoms with Crippen molar-refractivity contribution in [2.75, 3.05) is 13.1 Å². The number of rotatable bonds is 6. The number of amides is 1. The lowest BCUT2D eigenvalue weighted by molar-refractivity contribution is -0.120. The van der Waals surface area contributed by atoms with Gasteiger partial charge in [-0.15, -0.1) is 0 Å². The number of pyridine rings is 1. The minimum Gasteiger partial charge on any atom is -0.366 e. The number of carbonyl (C=O) groups excluding carboxylic acids is 1. The standard InChI is InChI=1S/C10H15N3O4S/c1-2-12-10(15)4-6-13-18(16,17)9-7-11-5-3-8(9)14/h3,5,7,13H,2,4,6H2,1H3,(H,11,14)(H,12,15). The van der Waals surface area contributed by atoms with E-state index in [4.69, 9.17) is 0 Å². The molecule has 0 aliphatic rings. The molecule has 0 spiro atoms. The van der Waals surface area contributed by atoms with E-state index in [2.05, 4.69) is 15.0 Å². The van der Waals surface area contributed by atoms with Crippen LogP contribution in [-0.4, -0.2) is 32.4 Å². The fourth-order valence-electron chi connectivity index (χ4n) is 1.27. The first-order chi connectivity index (χ1) is 8.47. The number of carbonyl (C=O) groups is 1. The Morgan fingerprint density at radius 2 is 2.17 bits per heavy atom. The Morgan fingerprint density at radius 1 is 1.44 bits per heavy atom. The molecule has 1 aromatic rings. The van der Waals surface area contributed by atoms with Crippen LogP contribution in [0.25, 0.3) is 0 Å². The van der Waals surface area contributed by atoms with Gasteiger partial charge in [-0.1, -0.05) is 0 Å². The molecule has 0 fully saturated rings. The Hall–Kier alpha value is -1.67. The van der Waals surface area contributed by atoms with E-state index in [9.17, 15) is 18.0 Å². The van der Waals surface area contributed by atoms with Crippen molar-refractivity contribution in [3.63, 3.8) is 0 Å². The van der Waals surface area contributed by atoms with E-state index in [0.717, 1.165) is 12.3 Å². The van der Waals surface area contributed by atoms with Gasteiger partial charge in [0.1, 0.15) is 4.90 Å². The Balaban J connectivity index is 2.64. The maximum atomic E-state index is 11.7. The van der Waals surface area contributed by atoms with Crippen LogP contribution in [0, 0.1) is 0 Å². The van der Waals surface area contributed by atoms with Crippen molar-refractivity contribution in [1.82, 2.24) is 15.0 Å². The Kier molecular flexibility index (Phi) is 5.05. The van der Waals surface area contributed by atoms with E-state index in [0.29, 0.717) is 6.54 Å². The first-order valence-corrected chi connectivity index (χ1v) is 6.89. The summed E-state index contributed by atoms with van der Waals surface area (Å²) in [6.07, 6.45) is 2.48. The second-order valence-electron chi connectivity index (χ2n) is 3.47. The summed E-state index contributed by atoms with van der Waals surface area (Å²) < 4.78 is 25.7. The fourth-order valence-corrected chi connectivity index (χ4v) is 2.36. The number of aromatic nitrogens is 1. The highest BCUT2D eigenvalue weighted by molar-refractivity contribution is 7.89. The molecule has 1 aromatic heterocycles. The molecular weight excluding hydrogens is 258 g/mol. The van der Waals surface area contributed by atoms with Crippen molar-refractivity contribution in [2.24, 2.45) is 0 Å². The summed E-state index contributed by atoms with van der Waals surface area (Å²) in [4.78, 5) is 24.6. The predicted octanol–water partition coefficient (Wildman–Crippen LogP) is -0.821. The van der Waals surface area contributed by atoms with Crippen LogP contribution >= 0.6 is 0 Å². The van der Waals surface area contributed by atoms with Crippen molar-refractivity contribution in [3.05, 3.63) is 28.7 Å². The van der Waals surface area contributed by atoms with E-state index >= 15 is 0 Å². The van der Waals surface area contributed by atoms with E-state index in [1.54, 1.807) is 6.92 Å². The predicted molar refractivity (Wildman–Crippen MR) is 65.6 cm³/mol. The normalized spacial score (nSPS) is 11.2. The molecule has 3 N–H and O–H groups in total. The van der Waals surface area contributed by atoms with Gasteiger partial charge in [-0.2, -0.15) is 0 Å². The van der Waals surface area contributed by atoms with Crippen LogP contribution in [0.1, 0.15) is 13.3 Å². The molecule has 18 heavy (non-hydrogen) atoms. The van der Waals surface area contributed by atoms with Gasteiger partial charge in [0, 0.05) is 38.0 Å². The van der Waals surface area contributed by atoms with Gasteiger partial charge in [0.05, 0.1) is 0 Å². The van der Waals surface area contributed by atoms with E-state index in [1.165, 1.54) is 6.20 Å². The van der Waals surface area contributed by atoms with Crippen LogP contribution in [0.5, 0.6) is 0 Å². The van der Waals surface area contributed by atoms with Crippen LogP contribution in [0.2, 0.25) is 0 Å². The Morgan fingerprint density at radius 3 is 2.78 bits per heavy atom. The molecule has 0 aliphatic carbocycles. The van der Waals surface area contributed by atoms with Gasteiger partial charge in [-0.3, -0.25) is 9.59 Å². The number of nitrogens with one attached hydrogen (secondary N) is 3. The van der Waals surface area contributed by atoms with E-state index < -0.39 is 15.5 Å². The van der Waals surface area contributed by atoms with Gasteiger partial charge in [0.2, 0.25) is 21.4 Å². The molecule has 0 atom stereocenters. The van der Waals surface area contributed by atoms with Gasteiger partial charge in [-0.25, -0.2) is 13.1 Å². The molecule has 0 aliphatic heterocycles. The summed E-state index contributed by atoms with van der Waals surface area (Å²) in [6, 6.07) is 1.12. The summed E-state index contributed by atoms with van der Waals surface area (Å²) in [6.45, 7) is 2.21. The van der Waals surface area contributed by atoms with Crippen LogP contribution in [-0.2, 0) is 14.8 Å². The Labute approximate surface area is 105 Å². The third-order valence-corrected chi connectivity index (χ3v) is 3.58. The second kappa shape index (κ2) is 6.31. The first kappa shape index (κ1) is 14.4. The summed E-state index contributed by atoms with van der Waals surface area (Å²) in [5.41, 5.74) is -0.598. The molecule has 0 radical (unpaired) electrons.